The second kappa shape index (κ2) is 7.18. The van der Waals surface area contributed by atoms with Crippen LogP contribution in [0.1, 0.15) is 31.0 Å². The lowest BCUT2D eigenvalue weighted by molar-refractivity contribution is -0.121. The second-order valence-electron chi connectivity index (χ2n) is 5.86. The molecule has 1 aliphatic heterocycles. The van der Waals surface area contributed by atoms with E-state index in [0.29, 0.717) is 5.69 Å². The summed E-state index contributed by atoms with van der Waals surface area (Å²) >= 11 is 1.38. The number of imide groups is 1. The Morgan fingerprint density at radius 2 is 1.92 bits per heavy atom. The van der Waals surface area contributed by atoms with Crippen LogP contribution in [0.5, 0.6) is 0 Å². The Kier molecular flexibility index (Phi) is 5.00. The lowest BCUT2D eigenvalue weighted by Gasteiger charge is -2.14. The lowest BCUT2D eigenvalue weighted by atomic mass is 10.1. The van der Waals surface area contributed by atoms with E-state index in [0.717, 1.165) is 23.6 Å². The van der Waals surface area contributed by atoms with Gasteiger partial charge >= 0.3 is 0 Å². The fourth-order valence-corrected chi connectivity index (χ4v) is 3.92. The number of rotatable bonds is 5. The average Bonchev–Trinajstić information content (AvgIpc) is 2.85. The summed E-state index contributed by atoms with van der Waals surface area (Å²) in [5.41, 5.74) is 2.87. The van der Waals surface area contributed by atoms with Crippen LogP contribution in [0.25, 0.3) is 0 Å². The van der Waals surface area contributed by atoms with E-state index in [4.69, 9.17) is 0 Å². The van der Waals surface area contributed by atoms with E-state index in [1.54, 1.807) is 12.1 Å². The van der Waals surface area contributed by atoms with Gasteiger partial charge in [-0.3, -0.25) is 9.59 Å². The van der Waals surface area contributed by atoms with Crippen molar-refractivity contribution in [1.29, 1.82) is 0 Å². The summed E-state index contributed by atoms with van der Waals surface area (Å²) in [4.78, 5) is 30.8. The van der Waals surface area contributed by atoms with Crippen molar-refractivity contribution in [1.82, 2.24) is 4.98 Å². The molecule has 0 N–H and O–H groups in total. The van der Waals surface area contributed by atoms with Crippen LogP contribution in [-0.2, 0) is 16.0 Å². The number of para-hydroxylation sites is 1. The number of pyridine rings is 1. The van der Waals surface area contributed by atoms with Crippen molar-refractivity contribution in [2.45, 2.75) is 43.4 Å². The Labute approximate surface area is 146 Å². The van der Waals surface area contributed by atoms with Crippen molar-refractivity contribution < 1.29 is 9.59 Å². The highest BCUT2D eigenvalue weighted by Gasteiger charge is 2.40. The Bertz CT molecular complexity index is 761. The van der Waals surface area contributed by atoms with E-state index in [-0.39, 0.29) is 18.2 Å². The Hall–Kier alpha value is -2.14. The monoisotopic (exact) mass is 340 g/mol. The maximum atomic E-state index is 12.6. The molecule has 1 aromatic heterocycles. The van der Waals surface area contributed by atoms with Crippen LogP contribution in [-0.4, -0.2) is 22.0 Å². The predicted octanol–water partition coefficient (Wildman–Crippen LogP) is 3.77. The Morgan fingerprint density at radius 1 is 1.17 bits per heavy atom. The third kappa shape index (κ3) is 3.36. The summed E-state index contributed by atoms with van der Waals surface area (Å²) in [5, 5.41) is 0.398. The molecule has 0 aliphatic carbocycles. The van der Waals surface area contributed by atoms with E-state index in [9.17, 15) is 9.59 Å². The summed E-state index contributed by atoms with van der Waals surface area (Å²) in [5.74, 6) is -0.309. The standard InChI is InChI=1S/C19H20N2O2S/c1-3-7-14-10-11-17(20-13(14)2)24-16-12-18(22)21(19(16)23)15-8-5-4-6-9-15/h4-6,8-11,16H,3,7,12H2,1-2H3. The summed E-state index contributed by atoms with van der Waals surface area (Å²) in [7, 11) is 0. The van der Waals surface area contributed by atoms with Gasteiger partial charge < -0.3 is 0 Å². The van der Waals surface area contributed by atoms with Gasteiger partial charge in [0.1, 0.15) is 0 Å². The van der Waals surface area contributed by atoms with Gasteiger partial charge in [0.15, 0.2) is 0 Å². The van der Waals surface area contributed by atoms with E-state index >= 15 is 0 Å². The number of aromatic nitrogens is 1. The third-order valence-corrected chi connectivity index (χ3v) is 5.19. The van der Waals surface area contributed by atoms with Crippen LogP contribution in [0, 0.1) is 6.92 Å². The number of hydrogen-bond acceptors (Lipinski definition) is 4. The van der Waals surface area contributed by atoms with E-state index in [1.165, 1.54) is 22.2 Å². The maximum Gasteiger partial charge on any atom is 0.247 e. The van der Waals surface area contributed by atoms with Crippen LogP contribution >= 0.6 is 11.8 Å². The first-order valence-electron chi connectivity index (χ1n) is 8.15. The number of amides is 2. The molecule has 1 atom stereocenters. The van der Waals surface area contributed by atoms with Gasteiger partial charge in [-0.25, -0.2) is 9.88 Å². The number of carbonyl (C=O) groups excluding carboxylic acids is 2. The molecular weight excluding hydrogens is 320 g/mol. The molecule has 1 fully saturated rings. The summed E-state index contributed by atoms with van der Waals surface area (Å²) in [6.45, 7) is 4.13. The topological polar surface area (TPSA) is 50.3 Å². The summed E-state index contributed by atoms with van der Waals surface area (Å²) in [6.07, 6.45) is 2.30. The van der Waals surface area contributed by atoms with Crippen molar-refractivity contribution in [2.75, 3.05) is 4.90 Å². The van der Waals surface area contributed by atoms with Crippen molar-refractivity contribution in [3.05, 3.63) is 53.7 Å². The molecule has 0 saturated carbocycles. The highest BCUT2D eigenvalue weighted by atomic mass is 32.2. The predicted molar refractivity (Wildman–Crippen MR) is 96.2 cm³/mol. The fourth-order valence-electron chi connectivity index (χ4n) is 2.86. The van der Waals surface area contributed by atoms with Crippen LogP contribution in [0.2, 0.25) is 0 Å². The summed E-state index contributed by atoms with van der Waals surface area (Å²) in [6, 6.07) is 13.1. The number of aryl methyl sites for hydroxylation is 2. The SMILES string of the molecule is CCCc1ccc(SC2CC(=O)N(c3ccccc3)C2=O)nc1C. The third-order valence-electron chi connectivity index (χ3n) is 4.07. The number of benzene rings is 1. The Morgan fingerprint density at radius 3 is 2.58 bits per heavy atom. The van der Waals surface area contributed by atoms with Gasteiger partial charge in [-0.2, -0.15) is 0 Å². The van der Waals surface area contributed by atoms with E-state index in [2.05, 4.69) is 18.0 Å². The number of thioether (sulfide) groups is 1. The number of carbonyl (C=O) groups is 2. The van der Waals surface area contributed by atoms with E-state index < -0.39 is 5.25 Å². The normalized spacial score (nSPS) is 17.6. The number of hydrogen-bond donors (Lipinski definition) is 0. The lowest BCUT2D eigenvalue weighted by Crippen LogP contribution is -2.31. The molecular formula is C19H20N2O2S. The van der Waals surface area contributed by atoms with Crippen LogP contribution in [0.3, 0.4) is 0 Å². The van der Waals surface area contributed by atoms with Crippen LogP contribution in [0.4, 0.5) is 5.69 Å². The molecule has 2 heterocycles. The zero-order valence-electron chi connectivity index (χ0n) is 13.9. The van der Waals surface area contributed by atoms with Crippen molar-refractivity contribution >= 4 is 29.3 Å². The average molecular weight is 340 g/mol. The van der Waals surface area contributed by atoms with Gasteiger partial charge in [0, 0.05) is 12.1 Å². The van der Waals surface area contributed by atoms with Crippen molar-refractivity contribution in [3.63, 3.8) is 0 Å². The highest BCUT2D eigenvalue weighted by Crippen LogP contribution is 2.33. The molecule has 1 aliphatic rings. The molecule has 0 spiro atoms. The highest BCUT2D eigenvalue weighted by molar-refractivity contribution is 8.00. The first-order chi connectivity index (χ1) is 11.6. The zero-order chi connectivity index (χ0) is 17.1. The smallest absolute Gasteiger partial charge is 0.247 e. The van der Waals surface area contributed by atoms with Gasteiger partial charge in [-0.05, 0) is 37.1 Å². The van der Waals surface area contributed by atoms with Gasteiger partial charge in [-0.1, -0.05) is 49.4 Å². The molecule has 2 aromatic rings. The maximum absolute atomic E-state index is 12.6. The molecule has 0 radical (unpaired) electrons. The molecule has 1 saturated heterocycles. The fraction of sp³-hybridized carbons (Fsp3) is 0.316. The molecule has 0 bridgehead atoms. The van der Waals surface area contributed by atoms with Gasteiger partial charge in [0.25, 0.3) is 0 Å². The van der Waals surface area contributed by atoms with E-state index in [1.807, 2.05) is 31.2 Å². The number of nitrogens with zero attached hydrogens (tertiary/aromatic N) is 2. The molecule has 1 unspecified atom stereocenters. The first-order valence-corrected chi connectivity index (χ1v) is 9.03. The minimum Gasteiger partial charge on any atom is -0.274 e. The minimum absolute atomic E-state index is 0.150. The molecule has 124 valence electrons. The van der Waals surface area contributed by atoms with Crippen molar-refractivity contribution in [3.8, 4) is 0 Å². The quantitative estimate of drug-likeness (QED) is 0.778. The van der Waals surface area contributed by atoms with Gasteiger partial charge in [0.2, 0.25) is 11.8 Å². The second-order valence-corrected chi connectivity index (χ2v) is 7.08. The molecule has 5 heteroatoms. The summed E-state index contributed by atoms with van der Waals surface area (Å²) < 4.78 is 0. The molecule has 3 rings (SSSR count). The molecule has 4 nitrogen and oxygen atoms in total. The first kappa shape index (κ1) is 16.7. The van der Waals surface area contributed by atoms with Gasteiger partial charge in [-0.15, -0.1) is 0 Å². The zero-order valence-corrected chi connectivity index (χ0v) is 14.7. The molecule has 2 amide bonds. The minimum atomic E-state index is -0.401. The number of anilines is 1. The van der Waals surface area contributed by atoms with Crippen LogP contribution < -0.4 is 4.90 Å². The molecule has 1 aromatic carbocycles. The van der Waals surface area contributed by atoms with Crippen LogP contribution in [0.15, 0.2) is 47.5 Å². The Balaban J connectivity index is 1.76. The van der Waals surface area contributed by atoms with Crippen molar-refractivity contribution in [2.24, 2.45) is 0 Å². The molecule has 24 heavy (non-hydrogen) atoms. The largest absolute Gasteiger partial charge is 0.274 e. The van der Waals surface area contributed by atoms with Gasteiger partial charge in [0.05, 0.1) is 16.0 Å².